The van der Waals surface area contributed by atoms with Gasteiger partial charge in [-0.25, -0.2) is 4.79 Å². The first kappa shape index (κ1) is 13.0. The third kappa shape index (κ3) is 8.29. The quantitative estimate of drug-likeness (QED) is 0.269. The van der Waals surface area contributed by atoms with E-state index in [2.05, 4.69) is 39.7 Å². The lowest BCUT2D eigenvalue weighted by Gasteiger charge is -2.08. The molecule has 1 amide bonds. The Hall–Kier alpha value is -0.0400. The zero-order valence-electron chi connectivity index (χ0n) is 8.01. The maximum Gasteiger partial charge on any atom is 0.438 e. The van der Waals surface area contributed by atoms with Crippen LogP contribution in [0, 0.1) is 0 Å². The summed E-state index contributed by atoms with van der Waals surface area (Å²) in [6, 6.07) is 0. The van der Waals surface area contributed by atoms with Gasteiger partial charge in [-0.1, -0.05) is 35.9 Å². The van der Waals surface area contributed by atoms with Gasteiger partial charge in [0.05, 0.1) is 0 Å². The fraction of sp³-hybridized carbons (Fsp3) is 0.875. The number of carbonyl (C=O) groups is 1. The maximum atomic E-state index is 10.9. The highest BCUT2D eigenvalue weighted by molar-refractivity contribution is 14.1. The lowest BCUT2D eigenvalue weighted by molar-refractivity contribution is -0.261. The van der Waals surface area contributed by atoms with Crippen LogP contribution in [0.3, 0.4) is 0 Å². The lowest BCUT2D eigenvalue weighted by atomic mass is 10.3. The van der Waals surface area contributed by atoms with Crippen LogP contribution in [0.15, 0.2) is 0 Å². The molecule has 4 nitrogen and oxygen atoms in total. The van der Waals surface area contributed by atoms with E-state index in [1.807, 2.05) is 6.92 Å². The van der Waals surface area contributed by atoms with Crippen molar-refractivity contribution in [3.05, 3.63) is 0 Å². The largest absolute Gasteiger partial charge is 0.438 e. The van der Waals surface area contributed by atoms with Gasteiger partial charge >= 0.3 is 6.09 Å². The smallest absolute Gasteiger partial charge is 0.319 e. The van der Waals surface area contributed by atoms with Crippen molar-refractivity contribution in [1.82, 2.24) is 5.32 Å². The molecule has 0 aromatic heterocycles. The fourth-order valence-corrected chi connectivity index (χ4v) is 0.695. The molecule has 0 saturated carbocycles. The molecule has 0 spiro atoms. The van der Waals surface area contributed by atoms with Crippen molar-refractivity contribution in [1.29, 1.82) is 0 Å². The Labute approximate surface area is 92.4 Å². The molecule has 1 N–H and O–H groups in total. The zero-order valence-corrected chi connectivity index (χ0v) is 10.2. The molecule has 0 fully saturated rings. The van der Waals surface area contributed by atoms with E-state index in [4.69, 9.17) is 4.89 Å². The van der Waals surface area contributed by atoms with E-state index in [0.717, 1.165) is 17.3 Å². The van der Waals surface area contributed by atoms with Crippen molar-refractivity contribution in [3.8, 4) is 0 Å². The molecule has 0 aromatic carbocycles. The number of amides is 1. The van der Waals surface area contributed by atoms with Crippen molar-refractivity contribution in [3.63, 3.8) is 0 Å². The maximum absolute atomic E-state index is 10.9. The van der Waals surface area contributed by atoms with Gasteiger partial charge in [0.1, 0.15) is 6.10 Å². The van der Waals surface area contributed by atoms with E-state index in [1.54, 1.807) is 0 Å². The highest BCUT2D eigenvalue weighted by Crippen LogP contribution is 1.97. The number of carbonyl (C=O) groups excluding carboxylic acids is 1. The molecule has 78 valence electrons. The van der Waals surface area contributed by atoms with Gasteiger partial charge in [-0.15, -0.1) is 0 Å². The van der Waals surface area contributed by atoms with Crippen LogP contribution in [0.25, 0.3) is 0 Å². The summed E-state index contributed by atoms with van der Waals surface area (Å²) in [5.74, 6) is 0. The molecule has 13 heavy (non-hydrogen) atoms. The predicted octanol–water partition coefficient (Wildman–Crippen LogP) is 2.27. The molecule has 1 atom stereocenters. The van der Waals surface area contributed by atoms with E-state index < -0.39 is 6.09 Å². The highest BCUT2D eigenvalue weighted by Gasteiger charge is 2.05. The number of rotatable bonds is 6. The summed E-state index contributed by atoms with van der Waals surface area (Å²) in [6.45, 7) is 4.53. The van der Waals surface area contributed by atoms with Crippen LogP contribution in [0.4, 0.5) is 4.79 Å². The van der Waals surface area contributed by atoms with Gasteiger partial charge in [0, 0.05) is 11.0 Å². The highest BCUT2D eigenvalue weighted by atomic mass is 127. The molecule has 0 rings (SSSR count). The standard InChI is InChI=1S/C8H16INO3/c1-3-4-5-10-8(11)13-12-7(2)6-9/h7H,3-6H2,1-2H3,(H,10,11). The first-order chi connectivity index (χ1) is 6.20. The normalized spacial score (nSPS) is 12.2. The fourth-order valence-electron chi connectivity index (χ4n) is 0.548. The Morgan fingerprint density at radius 1 is 1.62 bits per heavy atom. The van der Waals surface area contributed by atoms with Crippen LogP contribution in [0.1, 0.15) is 26.7 Å². The van der Waals surface area contributed by atoms with Crippen LogP contribution >= 0.6 is 22.6 Å². The van der Waals surface area contributed by atoms with Crippen molar-refractivity contribution >= 4 is 28.7 Å². The van der Waals surface area contributed by atoms with Crippen LogP contribution in [-0.4, -0.2) is 23.2 Å². The van der Waals surface area contributed by atoms with E-state index in [1.165, 1.54) is 0 Å². The summed E-state index contributed by atoms with van der Waals surface area (Å²) in [6.07, 6.45) is 1.44. The zero-order chi connectivity index (χ0) is 10.1. The number of nitrogens with one attached hydrogen (secondary N) is 1. The molecule has 0 radical (unpaired) electrons. The molecule has 0 saturated heterocycles. The summed E-state index contributed by atoms with van der Waals surface area (Å²) in [5.41, 5.74) is 0. The number of unbranched alkanes of at least 4 members (excludes halogenated alkanes) is 1. The molecule has 1 unspecified atom stereocenters. The third-order valence-corrected chi connectivity index (χ3v) is 2.55. The van der Waals surface area contributed by atoms with Crippen molar-refractivity contribution < 1.29 is 14.6 Å². The number of halogens is 1. The van der Waals surface area contributed by atoms with Gasteiger partial charge in [-0.05, 0) is 13.3 Å². The number of alkyl halides is 1. The van der Waals surface area contributed by atoms with E-state index >= 15 is 0 Å². The van der Waals surface area contributed by atoms with Crippen molar-refractivity contribution in [2.45, 2.75) is 32.8 Å². The Balaban J connectivity index is 3.30. The average molecular weight is 301 g/mol. The minimum absolute atomic E-state index is 0.0578. The second-order valence-electron chi connectivity index (χ2n) is 2.71. The van der Waals surface area contributed by atoms with E-state index in [9.17, 15) is 4.79 Å². The molecule has 0 aromatic rings. The molecule has 0 aliphatic carbocycles. The molecular weight excluding hydrogens is 285 g/mol. The SMILES string of the molecule is CCCCNC(=O)OOC(C)CI. The van der Waals surface area contributed by atoms with Crippen molar-refractivity contribution in [2.75, 3.05) is 11.0 Å². The Morgan fingerprint density at radius 3 is 2.85 bits per heavy atom. The minimum Gasteiger partial charge on any atom is -0.319 e. The van der Waals surface area contributed by atoms with Crippen molar-refractivity contribution in [2.24, 2.45) is 0 Å². The summed E-state index contributed by atoms with van der Waals surface area (Å²) in [7, 11) is 0. The summed E-state index contributed by atoms with van der Waals surface area (Å²) < 4.78 is 0.792. The van der Waals surface area contributed by atoms with Gasteiger partial charge in [0.15, 0.2) is 0 Å². The van der Waals surface area contributed by atoms with Gasteiger partial charge in [-0.2, -0.15) is 4.89 Å². The molecule has 0 heterocycles. The van der Waals surface area contributed by atoms with Gasteiger partial charge < -0.3 is 5.32 Å². The summed E-state index contributed by atoms with van der Waals surface area (Å²) >= 11 is 2.16. The van der Waals surface area contributed by atoms with Crippen LogP contribution < -0.4 is 5.32 Å². The first-order valence-electron chi connectivity index (χ1n) is 4.37. The molecule has 0 aliphatic heterocycles. The average Bonchev–Trinajstić information content (AvgIpc) is 2.14. The Kier molecular flexibility index (Phi) is 8.53. The third-order valence-electron chi connectivity index (χ3n) is 1.31. The van der Waals surface area contributed by atoms with Crippen LogP contribution in [-0.2, 0) is 9.78 Å². The second kappa shape index (κ2) is 8.55. The van der Waals surface area contributed by atoms with Crippen LogP contribution in [0.5, 0.6) is 0 Å². The minimum atomic E-state index is -0.509. The second-order valence-corrected chi connectivity index (χ2v) is 3.59. The number of hydrogen-bond donors (Lipinski definition) is 1. The van der Waals surface area contributed by atoms with Gasteiger partial charge in [-0.3, -0.25) is 4.89 Å². The van der Waals surface area contributed by atoms with Crippen LogP contribution in [0.2, 0.25) is 0 Å². The Morgan fingerprint density at radius 2 is 2.31 bits per heavy atom. The monoisotopic (exact) mass is 301 g/mol. The summed E-state index contributed by atoms with van der Waals surface area (Å²) in [5, 5.41) is 2.57. The van der Waals surface area contributed by atoms with E-state index in [-0.39, 0.29) is 6.10 Å². The molecular formula is C8H16INO3. The first-order valence-corrected chi connectivity index (χ1v) is 5.90. The molecule has 5 heteroatoms. The number of hydrogen-bond acceptors (Lipinski definition) is 3. The molecule has 0 bridgehead atoms. The topological polar surface area (TPSA) is 47.6 Å². The molecule has 0 aliphatic rings. The van der Waals surface area contributed by atoms with E-state index in [0.29, 0.717) is 6.54 Å². The van der Waals surface area contributed by atoms with Gasteiger partial charge in [0.2, 0.25) is 0 Å². The Bertz CT molecular complexity index is 143. The van der Waals surface area contributed by atoms with Gasteiger partial charge in [0.25, 0.3) is 0 Å². The summed E-state index contributed by atoms with van der Waals surface area (Å²) in [4.78, 5) is 20.1. The predicted molar refractivity (Wildman–Crippen MR) is 58.8 cm³/mol. The lowest BCUT2D eigenvalue weighted by Crippen LogP contribution is -2.27.